The van der Waals surface area contributed by atoms with Crippen LogP contribution in [0.25, 0.3) is 5.69 Å². The SMILES string of the molecule is Cc1ccccc1-n1nccc1NS(=O)(=O)c1ccc(N)cc1. The maximum atomic E-state index is 12.5. The van der Waals surface area contributed by atoms with E-state index in [0.29, 0.717) is 11.5 Å². The molecule has 1 aromatic heterocycles. The van der Waals surface area contributed by atoms with Crippen LogP contribution >= 0.6 is 0 Å². The molecule has 7 heteroatoms. The molecular formula is C16H16N4O2S. The Morgan fingerprint density at radius 3 is 2.43 bits per heavy atom. The fraction of sp³-hybridized carbons (Fsp3) is 0.0625. The number of hydrogen-bond acceptors (Lipinski definition) is 4. The molecule has 0 aliphatic carbocycles. The molecule has 0 radical (unpaired) electrons. The largest absolute Gasteiger partial charge is 0.399 e. The molecule has 0 amide bonds. The summed E-state index contributed by atoms with van der Waals surface area (Å²) in [6, 6.07) is 15.3. The highest BCUT2D eigenvalue weighted by Crippen LogP contribution is 2.21. The van der Waals surface area contributed by atoms with Crippen LogP contribution in [0, 0.1) is 6.92 Å². The second kappa shape index (κ2) is 5.77. The van der Waals surface area contributed by atoms with Crippen molar-refractivity contribution in [3.63, 3.8) is 0 Å². The first kappa shape index (κ1) is 15.1. The minimum atomic E-state index is -3.71. The summed E-state index contributed by atoms with van der Waals surface area (Å²) in [6.45, 7) is 1.94. The molecule has 0 spiro atoms. The highest BCUT2D eigenvalue weighted by atomic mass is 32.2. The first-order valence-electron chi connectivity index (χ1n) is 6.96. The van der Waals surface area contributed by atoms with Gasteiger partial charge in [0.05, 0.1) is 16.8 Å². The van der Waals surface area contributed by atoms with E-state index in [1.54, 1.807) is 29.1 Å². The summed E-state index contributed by atoms with van der Waals surface area (Å²) in [5, 5.41) is 4.21. The Kier molecular flexibility index (Phi) is 3.79. The lowest BCUT2D eigenvalue weighted by molar-refractivity contribution is 0.600. The molecule has 0 fully saturated rings. The average Bonchev–Trinajstić information content (AvgIpc) is 2.95. The summed E-state index contributed by atoms with van der Waals surface area (Å²) in [6.07, 6.45) is 1.55. The predicted molar refractivity (Wildman–Crippen MR) is 90.0 cm³/mol. The van der Waals surface area contributed by atoms with Gasteiger partial charge in [0.1, 0.15) is 5.82 Å². The molecule has 2 aromatic carbocycles. The van der Waals surface area contributed by atoms with E-state index < -0.39 is 10.0 Å². The highest BCUT2D eigenvalue weighted by Gasteiger charge is 2.17. The van der Waals surface area contributed by atoms with Crippen LogP contribution in [0.5, 0.6) is 0 Å². The van der Waals surface area contributed by atoms with Crippen LogP contribution in [0.3, 0.4) is 0 Å². The van der Waals surface area contributed by atoms with E-state index in [-0.39, 0.29) is 4.90 Å². The lowest BCUT2D eigenvalue weighted by Gasteiger charge is -2.12. The lowest BCUT2D eigenvalue weighted by Crippen LogP contribution is -2.16. The number of para-hydroxylation sites is 1. The molecule has 23 heavy (non-hydrogen) atoms. The topological polar surface area (TPSA) is 90.0 Å². The van der Waals surface area contributed by atoms with Gasteiger partial charge in [-0.2, -0.15) is 5.10 Å². The smallest absolute Gasteiger partial charge is 0.263 e. The van der Waals surface area contributed by atoms with Gasteiger partial charge in [-0.05, 0) is 42.8 Å². The molecule has 0 unspecified atom stereocenters. The number of nitrogen functional groups attached to an aromatic ring is 1. The van der Waals surface area contributed by atoms with Crippen LogP contribution in [0.15, 0.2) is 65.7 Å². The van der Waals surface area contributed by atoms with Gasteiger partial charge in [-0.1, -0.05) is 18.2 Å². The number of rotatable bonds is 4. The van der Waals surface area contributed by atoms with Crippen molar-refractivity contribution >= 4 is 21.5 Å². The van der Waals surface area contributed by atoms with Crippen molar-refractivity contribution in [3.05, 3.63) is 66.4 Å². The molecule has 3 rings (SSSR count). The Balaban J connectivity index is 1.97. The van der Waals surface area contributed by atoms with E-state index >= 15 is 0 Å². The third-order valence-corrected chi connectivity index (χ3v) is 4.79. The zero-order valence-corrected chi connectivity index (χ0v) is 13.3. The summed E-state index contributed by atoms with van der Waals surface area (Å²) >= 11 is 0. The fourth-order valence-electron chi connectivity index (χ4n) is 2.22. The minimum absolute atomic E-state index is 0.143. The molecule has 3 N–H and O–H groups in total. The molecule has 0 aliphatic heterocycles. The standard InChI is InChI=1S/C16H16N4O2S/c1-12-4-2-3-5-15(12)20-16(10-11-18-20)19-23(21,22)14-8-6-13(17)7-9-14/h2-11,19H,17H2,1H3. The second-order valence-corrected chi connectivity index (χ2v) is 6.77. The van der Waals surface area contributed by atoms with Crippen molar-refractivity contribution in [1.82, 2.24) is 9.78 Å². The van der Waals surface area contributed by atoms with Crippen LogP contribution < -0.4 is 10.5 Å². The summed E-state index contributed by atoms with van der Waals surface area (Å²) in [4.78, 5) is 0.143. The minimum Gasteiger partial charge on any atom is -0.399 e. The van der Waals surface area contributed by atoms with E-state index in [0.717, 1.165) is 11.3 Å². The Morgan fingerprint density at radius 2 is 1.74 bits per heavy atom. The number of hydrogen-bond donors (Lipinski definition) is 2. The monoisotopic (exact) mass is 328 g/mol. The van der Waals surface area contributed by atoms with Gasteiger partial charge in [0, 0.05) is 11.8 Å². The molecule has 3 aromatic rings. The molecule has 0 aliphatic rings. The van der Waals surface area contributed by atoms with Gasteiger partial charge in [-0.3, -0.25) is 4.72 Å². The zero-order chi connectivity index (χ0) is 16.4. The van der Waals surface area contributed by atoms with Crippen molar-refractivity contribution in [2.45, 2.75) is 11.8 Å². The van der Waals surface area contributed by atoms with Gasteiger partial charge in [0.15, 0.2) is 0 Å². The first-order chi connectivity index (χ1) is 11.0. The summed E-state index contributed by atoms with van der Waals surface area (Å²) < 4.78 is 29.1. The maximum Gasteiger partial charge on any atom is 0.263 e. The lowest BCUT2D eigenvalue weighted by atomic mass is 10.2. The Hall–Kier alpha value is -2.80. The molecule has 0 bridgehead atoms. The van der Waals surface area contributed by atoms with E-state index in [9.17, 15) is 8.42 Å². The van der Waals surface area contributed by atoms with Gasteiger partial charge in [0.2, 0.25) is 0 Å². The Morgan fingerprint density at radius 1 is 1.04 bits per heavy atom. The molecule has 6 nitrogen and oxygen atoms in total. The highest BCUT2D eigenvalue weighted by molar-refractivity contribution is 7.92. The van der Waals surface area contributed by atoms with Crippen LogP contribution in [0.2, 0.25) is 0 Å². The Bertz CT molecular complexity index is 931. The molecule has 0 saturated carbocycles. The number of sulfonamides is 1. The van der Waals surface area contributed by atoms with Crippen molar-refractivity contribution in [3.8, 4) is 5.69 Å². The van der Waals surface area contributed by atoms with Crippen molar-refractivity contribution in [2.24, 2.45) is 0 Å². The van der Waals surface area contributed by atoms with Crippen LogP contribution in [-0.4, -0.2) is 18.2 Å². The van der Waals surface area contributed by atoms with E-state index in [1.807, 2.05) is 31.2 Å². The quantitative estimate of drug-likeness (QED) is 0.720. The van der Waals surface area contributed by atoms with Gasteiger partial charge in [-0.25, -0.2) is 13.1 Å². The van der Waals surface area contributed by atoms with Gasteiger partial charge >= 0.3 is 0 Å². The summed E-state index contributed by atoms with van der Waals surface area (Å²) in [7, 11) is -3.71. The molecule has 0 atom stereocenters. The summed E-state index contributed by atoms with van der Waals surface area (Å²) in [5.41, 5.74) is 7.90. The summed E-state index contributed by atoms with van der Waals surface area (Å²) in [5.74, 6) is 0.371. The third kappa shape index (κ3) is 3.04. The van der Waals surface area contributed by atoms with Gasteiger partial charge in [-0.15, -0.1) is 0 Å². The van der Waals surface area contributed by atoms with Crippen LogP contribution in [0.4, 0.5) is 11.5 Å². The zero-order valence-electron chi connectivity index (χ0n) is 12.5. The number of nitrogens with one attached hydrogen (secondary N) is 1. The molecule has 118 valence electrons. The molecule has 0 saturated heterocycles. The van der Waals surface area contributed by atoms with Crippen LogP contribution in [-0.2, 0) is 10.0 Å². The average molecular weight is 328 g/mol. The fourth-order valence-corrected chi connectivity index (χ4v) is 3.26. The van der Waals surface area contributed by atoms with E-state index in [4.69, 9.17) is 5.73 Å². The third-order valence-electron chi connectivity index (χ3n) is 3.42. The van der Waals surface area contributed by atoms with Crippen molar-refractivity contribution in [2.75, 3.05) is 10.5 Å². The van der Waals surface area contributed by atoms with Gasteiger partial charge in [0.25, 0.3) is 10.0 Å². The van der Waals surface area contributed by atoms with Crippen LogP contribution in [0.1, 0.15) is 5.56 Å². The van der Waals surface area contributed by atoms with Crippen molar-refractivity contribution in [1.29, 1.82) is 0 Å². The first-order valence-corrected chi connectivity index (χ1v) is 8.44. The number of anilines is 2. The maximum absolute atomic E-state index is 12.5. The number of nitrogens with two attached hydrogens (primary N) is 1. The number of aromatic nitrogens is 2. The van der Waals surface area contributed by atoms with Gasteiger partial charge < -0.3 is 5.73 Å². The van der Waals surface area contributed by atoms with E-state index in [1.165, 1.54) is 12.1 Å². The molecular weight excluding hydrogens is 312 g/mol. The Labute approximate surface area is 134 Å². The van der Waals surface area contributed by atoms with Crippen molar-refractivity contribution < 1.29 is 8.42 Å². The predicted octanol–water partition coefficient (Wildman–Crippen LogP) is 2.56. The molecule has 1 heterocycles. The number of benzene rings is 2. The van der Waals surface area contributed by atoms with E-state index in [2.05, 4.69) is 9.82 Å². The normalized spacial score (nSPS) is 11.3. The number of aryl methyl sites for hydroxylation is 1. The second-order valence-electron chi connectivity index (χ2n) is 5.09. The number of nitrogens with zero attached hydrogens (tertiary/aromatic N) is 2.